The Hall–Kier alpha value is -1.94. The third-order valence-corrected chi connectivity index (χ3v) is 19.3. The van der Waals surface area contributed by atoms with Crippen LogP contribution in [0, 0.1) is 5.92 Å². The lowest BCUT2D eigenvalue weighted by atomic mass is 9.99. The van der Waals surface area contributed by atoms with Crippen LogP contribution < -0.4 is 0 Å². The smallest absolute Gasteiger partial charge is 0.462 e. The Balaban J connectivity index is 5.27. The molecule has 92 heavy (non-hydrogen) atoms. The van der Waals surface area contributed by atoms with Crippen LogP contribution in [-0.2, 0) is 65.4 Å². The molecule has 0 heterocycles. The largest absolute Gasteiger partial charge is 0.472 e. The molecular formula is C73H142O17P2. The van der Waals surface area contributed by atoms with Crippen molar-refractivity contribution in [1.82, 2.24) is 0 Å². The number of aliphatic hydroxyl groups is 1. The molecule has 3 N–H and O–H groups in total. The molecule has 0 aromatic carbocycles. The molecule has 0 rings (SSSR count). The molecule has 0 aliphatic heterocycles. The summed E-state index contributed by atoms with van der Waals surface area (Å²) < 4.78 is 68.4. The lowest BCUT2D eigenvalue weighted by Gasteiger charge is -2.21. The van der Waals surface area contributed by atoms with Crippen LogP contribution in [0.25, 0.3) is 0 Å². The molecule has 0 saturated heterocycles. The van der Waals surface area contributed by atoms with Gasteiger partial charge in [-0.2, -0.15) is 0 Å². The molecule has 0 spiro atoms. The Bertz CT molecular complexity index is 1770. The molecule has 19 heteroatoms. The van der Waals surface area contributed by atoms with Crippen LogP contribution in [0.3, 0.4) is 0 Å². The average Bonchev–Trinajstić information content (AvgIpc) is 3.26. The van der Waals surface area contributed by atoms with Gasteiger partial charge in [0.1, 0.15) is 19.3 Å². The van der Waals surface area contributed by atoms with Gasteiger partial charge in [0.25, 0.3) is 0 Å². The van der Waals surface area contributed by atoms with E-state index in [1.54, 1.807) is 0 Å². The quantitative estimate of drug-likeness (QED) is 0.0222. The number of aliphatic hydroxyl groups excluding tert-OH is 1. The molecular weight excluding hydrogens is 1210 g/mol. The molecule has 6 atom stereocenters. The summed E-state index contributed by atoms with van der Waals surface area (Å²) in [4.78, 5) is 72.7. The Morgan fingerprint density at radius 2 is 0.522 bits per heavy atom. The van der Waals surface area contributed by atoms with Gasteiger partial charge >= 0.3 is 39.5 Å². The predicted molar refractivity (Wildman–Crippen MR) is 372 cm³/mol. The first-order valence-corrected chi connectivity index (χ1v) is 41.2. The number of unbranched alkanes of at least 4 members (excludes halogenated alkanes) is 44. The van der Waals surface area contributed by atoms with Gasteiger partial charge in [0, 0.05) is 25.7 Å². The molecule has 17 nitrogen and oxygen atoms in total. The Kier molecular flexibility index (Phi) is 64.9. The van der Waals surface area contributed by atoms with E-state index in [4.69, 9.17) is 37.0 Å². The molecule has 0 bridgehead atoms. The topological polar surface area (TPSA) is 237 Å². The number of ether oxygens (including phenoxy) is 4. The summed E-state index contributed by atoms with van der Waals surface area (Å²) in [5, 5.41) is 10.6. The van der Waals surface area contributed by atoms with E-state index in [2.05, 4.69) is 34.6 Å². The van der Waals surface area contributed by atoms with E-state index >= 15 is 0 Å². The van der Waals surface area contributed by atoms with Gasteiger partial charge in [-0.15, -0.1) is 0 Å². The second-order valence-corrected chi connectivity index (χ2v) is 29.5. The second-order valence-electron chi connectivity index (χ2n) is 26.6. The lowest BCUT2D eigenvalue weighted by molar-refractivity contribution is -0.161. The molecule has 0 aliphatic rings. The zero-order valence-electron chi connectivity index (χ0n) is 59.7. The lowest BCUT2D eigenvalue weighted by Crippen LogP contribution is -2.30. The number of carbonyl (C=O) groups excluding carboxylic acids is 4. The fraction of sp³-hybridized carbons (Fsp3) is 0.945. The fourth-order valence-electron chi connectivity index (χ4n) is 11.1. The van der Waals surface area contributed by atoms with Gasteiger partial charge in [-0.05, 0) is 31.6 Å². The van der Waals surface area contributed by atoms with E-state index in [0.717, 1.165) is 95.8 Å². The highest BCUT2D eigenvalue weighted by molar-refractivity contribution is 7.47. The number of hydrogen-bond acceptors (Lipinski definition) is 15. The summed E-state index contributed by atoms with van der Waals surface area (Å²) in [7, 11) is -9.90. The second kappa shape index (κ2) is 66.3. The molecule has 0 aromatic rings. The van der Waals surface area contributed by atoms with Crippen LogP contribution in [0.2, 0.25) is 0 Å². The highest BCUT2D eigenvalue weighted by Gasteiger charge is 2.30. The van der Waals surface area contributed by atoms with E-state index in [1.807, 2.05) is 0 Å². The summed E-state index contributed by atoms with van der Waals surface area (Å²) in [5.41, 5.74) is 0. The summed E-state index contributed by atoms with van der Waals surface area (Å²) in [6.07, 6.45) is 53.8. The average molecular weight is 1350 g/mol. The number of phosphoric acid groups is 2. The maximum absolute atomic E-state index is 13.0. The highest BCUT2D eigenvalue weighted by atomic mass is 31.2. The van der Waals surface area contributed by atoms with Gasteiger partial charge in [-0.1, -0.05) is 330 Å². The molecule has 546 valence electrons. The Morgan fingerprint density at radius 1 is 0.304 bits per heavy atom. The van der Waals surface area contributed by atoms with Crippen molar-refractivity contribution < 1.29 is 80.2 Å². The first-order chi connectivity index (χ1) is 44.6. The van der Waals surface area contributed by atoms with Crippen molar-refractivity contribution in [3.8, 4) is 0 Å². The molecule has 0 aliphatic carbocycles. The first-order valence-electron chi connectivity index (χ1n) is 38.2. The van der Waals surface area contributed by atoms with Gasteiger partial charge < -0.3 is 33.8 Å². The van der Waals surface area contributed by atoms with Gasteiger partial charge in [0.15, 0.2) is 12.2 Å². The normalized spacial score (nSPS) is 14.3. The standard InChI is InChI=1S/C73H142O17P2/c1-6-10-13-16-19-22-25-28-31-34-37-44-49-54-59-73(78)89-68(62-83-70(75)56-51-46-41-35-32-29-26-23-20-17-14-11-7-2)64-87-91(79,80)85-60-67(74)61-86-92(81,82)88-65-69(63-84-71(76)57-52-47-42-39-38-40-45-50-55-66(5)9-4)90-72(77)58-53-48-43-36-33-30-27-24-21-18-15-12-8-3/h66-69,74H,6-65H2,1-5H3,(H,79,80)(H,81,82)/t66?,67-,68-,69-/m1/s1. The monoisotopic (exact) mass is 1350 g/mol. The van der Waals surface area contributed by atoms with E-state index in [1.165, 1.54) is 205 Å². The van der Waals surface area contributed by atoms with Gasteiger partial charge in [0.05, 0.1) is 26.4 Å². The minimum absolute atomic E-state index is 0.107. The van der Waals surface area contributed by atoms with Crippen LogP contribution in [0.5, 0.6) is 0 Å². The predicted octanol–water partition coefficient (Wildman–Crippen LogP) is 21.3. The SMILES string of the molecule is CCCCCCCCCCCCCCCCC(=O)O[C@H](COC(=O)CCCCCCCCCCCCCCC)COP(=O)(O)OC[C@@H](O)COP(=O)(O)OC[C@@H](COC(=O)CCCCCCCCCCC(C)CC)OC(=O)CCCCCCCCCCCCCCC. The fourth-order valence-corrected chi connectivity index (χ4v) is 12.7. The maximum Gasteiger partial charge on any atom is 0.472 e. The minimum Gasteiger partial charge on any atom is -0.462 e. The van der Waals surface area contributed by atoms with Crippen LogP contribution in [0.4, 0.5) is 0 Å². The summed E-state index contributed by atoms with van der Waals surface area (Å²) in [6.45, 7) is 7.28. The first kappa shape index (κ1) is 90.1. The van der Waals surface area contributed by atoms with Crippen LogP contribution in [-0.4, -0.2) is 96.7 Å². The number of carbonyl (C=O) groups is 4. The third kappa shape index (κ3) is 65.4. The summed E-state index contributed by atoms with van der Waals surface area (Å²) in [6, 6.07) is 0. The van der Waals surface area contributed by atoms with Gasteiger partial charge in [0.2, 0.25) is 0 Å². The number of rotatable bonds is 73. The third-order valence-electron chi connectivity index (χ3n) is 17.4. The molecule has 0 fully saturated rings. The van der Waals surface area contributed by atoms with Crippen molar-refractivity contribution in [2.75, 3.05) is 39.6 Å². The summed E-state index contributed by atoms with van der Waals surface area (Å²) >= 11 is 0. The van der Waals surface area contributed by atoms with Crippen LogP contribution >= 0.6 is 15.6 Å². The van der Waals surface area contributed by atoms with Crippen molar-refractivity contribution >= 4 is 39.5 Å². The molecule has 0 radical (unpaired) electrons. The zero-order chi connectivity index (χ0) is 67.7. The van der Waals surface area contributed by atoms with Crippen LogP contribution in [0.15, 0.2) is 0 Å². The van der Waals surface area contributed by atoms with E-state index in [0.29, 0.717) is 25.7 Å². The zero-order valence-corrected chi connectivity index (χ0v) is 61.5. The molecule has 0 saturated carbocycles. The highest BCUT2D eigenvalue weighted by Crippen LogP contribution is 2.45. The Morgan fingerprint density at radius 3 is 0.772 bits per heavy atom. The number of phosphoric ester groups is 2. The van der Waals surface area contributed by atoms with Gasteiger partial charge in [-0.25, -0.2) is 9.13 Å². The Labute approximate surface area is 562 Å². The molecule has 3 unspecified atom stereocenters. The van der Waals surface area contributed by atoms with Crippen molar-refractivity contribution in [3.05, 3.63) is 0 Å². The van der Waals surface area contributed by atoms with E-state index in [-0.39, 0.29) is 25.7 Å². The van der Waals surface area contributed by atoms with Gasteiger partial charge in [-0.3, -0.25) is 37.3 Å². The summed E-state index contributed by atoms with van der Waals surface area (Å²) in [5.74, 6) is -1.34. The minimum atomic E-state index is -4.95. The number of esters is 4. The van der Waals surface area contributed by atoms with Crippen molar-refractivity contribution in [3.63, 3.8) is 0 Å². The number of hydrogen-bond donors (Lipinski definition) is 3. The molecule has 0 aromatic heterocycles. The van der Waals surface area contributed by atoms with Crippen molar-refractivity contribution in [1.29, 1.82) is 0 Å². The molecule has 0 amide bonds. The van der Waals surface area contributed by atoms with Crippen LogP contribution in [0.1, 0.15) is 381 Å². The van der Waals surface area contributed by atoms with Crippen molar-refractivity contribution in [2.45, 2.75) is 400 Å². The van der Waals surface area contributed by atoms with Crippen molar-refractivity contribution in [2.24, 2.45) is 5.92 Å². The maximum atomic E-state index is 13.0. The van der Waals surface area contributed by atoms with E-state index < -0.39 is 97.5 Å². The van der Waals surface area contributed by atoms with E-state index in [9.17, 15) is 43.2 Å².